The molecule has 1 aliphatic rings. The van der Waals surface area contributed by atoms with E-state index >= 15 is 0 Å². The van der Waals surface area contributed by atoms with Gasteiger partial charge in [0.1, 0.15) is 18.1 Å². The summed E-state index contributed by atoms with van der Waals surface area (Å²) in [6, 6.07) is 0. The van der Waals surface area contributed by atoms with Crippen LogP contribution in [0.1, 0.15) is 48.5 Å². The Labute approximate surface area is 168 Å². The summed E-state index contributed by atoms with van der Waals surface area (Å²) in [7, 11) is 0. The Hall–Kier alpha value is -1.81. The summed E-state index contributed by atoms with van der Waals surface area (Å²) < 4.78 is 26.8. The number of ether oxygens (including phenoxy) is 5. The van der Waals surface area contributed by atoms with Crippen molar-refractivity contribution >= 4 is 35.6 Å². The van der Waals surface area contributed by atoms with E-state index < -0.39 is 53.7 Å². The van der Waals surface area contributed by atoms with Crippen LogP contribution in [-0.4, -0.2) is 65.1 Å². The quantitative estimate of drug-likeness (QED) is 0.463. The summed E-state index contributed by atoms with van der Waals surface area (Å²) in [6.45, 7) is 10.4. The van der Waals surface area contributed by atoms with E-state index in [1.165, 1.54) is 39.5 Å². The third-order valence-corrected chi connectivity index (χ3v) is 4.74. The fourth-order valence-electron chi connectivity index (χ4n) is 2.63. The maximum absolute atomic E-state index is 11.7. The van der Waals surface area contributed by atoms with E-state index in [-0.39, 0.29) is 11.4 Å². The molecule has 0 aromatic heterocycles. The predicted molar refractivity (Wildman–Crippen MR) is 99.3 cm³/mol. The van der Waals surface area contributed by atoms with Crippen molar-refractivity contribution in [2.75, 3.05) is 6.61 Å². The number of hydrogen-bond acceptors (Lipinski definition) is 10. The second-order valence-corrected chi connectivity index (χ2v) is 9.22. The molecule has 0 spiro atoms. The lowest BCUT2D eigenvalue weighted by Crippen LogP contribution is -2.62. The van der Waals surface area contributed by atoms with Crippen molar-refractivity contribution in [3.63, 3.8) is 0 Å². The summed E-state index contributed by atoms with van der Waals surface area (Å²) in [4.78, 5) is 46.3. The first-order valence-electron chi connectivity index (χ1n) is 8.78. The van der Waals surface area contributed by atoms with Gasteiger partial charge in [0, 0.05) is 32.4 Å². The van der Waals surface area contributed by atoms with Crippen LogP contribution in [0.5, 0.6) is 0 Å². The van der Waals surface area contributed by atoms with Crippen LogP contribution >= 0.6 is 11.8 Å². The van der Waals surface area contributed by atoms with Gasteiger partial charge in [-0.25, -0.2) is 0 Å². The van der Waals surface area contributed by atoms with Crippen LogP contribution in [0.25, 0.3) is 0 Å². The summed E-state index contributed by atoms with van der Waals surface area (Å²) in [5, 5.41) is 0. The van der Waals surface area contributed by atoms with Gasteiger partial charge in [-0.2, -0.15) is 0 Å². The van der Waals surface area contributed by atoms with Gasteiger partial charge in [-0.05, 0) is 0 Å². The number of hydrogen-bond donors (Lipinski definition) is 0. The van der Waals surface area contributed by atoms with Crippen LogP contribution in [0.4, 0.5) is 0 Å². The van der Waals surface area contributed by atoms with Gasteiger partial charge in [0.25, 0.3) is 0 Å². The van der Waals surface area contributed by atoms with Gasteiger partial charge in [0.2, 0.25) is 0 Å². The van der Waals surface area contributed by atoms with Crippen LogP contribution < -0.4 is 0 Å². The number of carbonyl (C=O) groups is 4. The Morgan fingerprint density at radius 3 is 1.68 bits per heavy atom. The molecule has 0 radical (unpaired) electrons. The Balaban J connectivity index is 3.33. The Morgan fingerprint density at radius 1 is 0.786 bits per heavy atom. The molecule has 0 bridgehead atoms. The predicted octanol–water partition coefficient (Wildman–Crippen LogP) is 1.60. The molecular formula is C18H28O9S. The van der Waals surface area contributed by atoms with Crippen LogP contribution in [0.3, 0.4) is 0 Å². The van der Waals surface area contributed by atoms with E-state index in [1.807, 2.05) is 20.8 Å². The summed E-state index contributed by atoms with van der Waals surface area (Å²) in [5.74, 6) is -2.45. The van der Waals surface area contributed by atoms with Crippen molar-refractivity contribution in [1.82, 2.24) is 0 Å². The summed E-state index contributed by atoms with van der Waals surface area (Å²) in [6.07, 6.45) is -4.19. The van der Waals surface area contributed by atoms with E-state index in [0.717, 1.165) is 0 Å². The van der Waals surface area contributed by atoms with Crippen LogP contribution in [-0.2, 0) is 42.9 Å². The normalized spacial score (nSPS) is 27.5. The molecule has 0 aromatic rings. The van der Waals surface area contributed by atoms with Crippen molar-refractivity contribution in [3.8, 4) is 0 Å². The molecule has 0 aromatic carbocycles. The van der Waals surface area contributed by atoms with Crippen molar-refractivity contribution in [2.24, 2.45) is 0 Å². The number of thioether (sulfide) groups is 1. The van der Waals surface area contributed by atoms with Gasteiger partial charge in [-0.1, -0.05) is 20.8 Å². The molecule has 160 valence electrons. The topological polar surface area (TPSA) is 114 Å². The zero-order valence-electron chi connectivity index (χ0n) is 17.2. The van der Waals surface area contributed by atoms with E-state index in [1.54, 1.807) is 0 Å². The fraction of sp³-hybridized carbons (Fsp3) is 0.778. The van der Waals surface area contributed by atoms with Crippen molar-refractivity contribution in [3.05, 3.63) is 0 Å². The van der Waals surface area contributed by atoms with Crippen molar-refractivity contribution < 1.29 is 42.9 Å². The molecule has 1 heterocycles. The molecule has 1 fully saturated rings. The average Bonchev–Trinajstić information content (AvgIpc) is 2.48. The van der Waals surface area contributed by atoms with E-state index in [0.29, 0.717) is 0 Å². The van der Waals surface area contributed by atoms with Crippen LogP contribution in [0.2, 0.25) is 0 Å². The molecule has 5 atom stereocenters. The smallest absolute Gasteiger partial charge is 0.303 e. The monoisotopic (exact) mass is 420 g/mol. The maximum Gasteiger partial charge on any atom is 0.303 e. The largest absolute Gasteiger partial charge is 0.463 e. The average molecular weight is 420 g/mol. The minimum Gasteiger partial charge on any atom is -0.463 e. The molecule has 0 aliphatic carbocycles. The highest BCUT2D eigenvalue weighted by Crippen LogP contribution is 2.39. The van der Waals surface area contributed by atoms with Crippen LogP contribution in [0.15, 0.2) is 0 Å². The number of esters is 4. The lowest BCUT2D eigenvalue weighted by molar-refractivity contribution is -0.237. The Kier molecular flexibility index (Phi) is 8.75. The summed E-state index contributed by atoms with van der Waals surface area (Å²) >= 11 is 1.35. The van der Waals surface area contributed by atoms with Gasteiger partial charge < -0.3 is 23.7 Å². The molecule has 0 N–H and O–H groups in total. The molecule has 1 rings (SSSR count). The minimum absolute atomic E-state index is 0.223. The zero-order valence-corrected chi connectivity index (χ0v) is 18.0. The SMILES string of the molecule is CC(=O)OC[C@H]1O[C@@H](SC(C)(C)C)[C@@H](OC(C)=O)[C@@H](OC(C)=O)[C@@H]1OC(C)=O. The molecule has 1 saturated heterocycles. The maximum atomic E-state index is 11.7. The molecular weight excluding hydrogens is 392 g/mol. The van der Waals surface area contributed by atoms with Crippen molar-refractivity contribution in [1.29, 1.82) is 0 Å². The lowest BCUT2D eigenvalue weighted by atomic mass is 9.99. The first-order valence-corrected chi connectivity index (χ1v) is 9.66. The molecule has 1 aliphatic heterocycles. The second-order valence-electron chi connectivity index (χ2n) is 7.30. The third-order valence-electron chi connectivity index (χ3n) is 3.42. The molecule has 9 nitrogen and oxygen atoms in total. The van der Waals surface area contributed by atoms with Gasteiger partial charge in [0.15, 0.2) is 18.3 Å². The van der Waals surface area contributed by atoms with E-state index in [2.05, 4.69) is 0 Å². The van der Waals surface area contributed by atoms with E-state index in [4.69, 9.17) is 23.7 Å². The summed E-state index contributed by atoms with van der Waals surface area (Å²) in [5.41, 5.74) is -0.749. The Morgan fingerprint density at radius 2 is 1.25 bits per heavy atom. The first-order chi connectivity index (χ1) is 12.8. The molecule has 0 amide bonds. The Bertz CT molecular complexity index is 598. The highest BCUT2D eigenvalue weighted by molar-refractivity contribution is 8.01. The van der Waals surface area contributed by atoms with Crippen molar-refractivity contribution in [2.45, 2.75) is 83.1 Å². The second kappa shape index (κ2) is 10.1. The fourth-order valence-corrected chi connectivity index (χ4v) is 3.87. The molecule has 0 saturated carbocycles. The zero-order chi connectivity index (χ0) is 21.6. The van der Waals surface area contributed by atoms with Gasteiger partial charge in [-0.15, -0.1) is 11.8 Å². The first kappa shape index (κ1) is 24.2. The highest BCUT2D eigenvalue weighted by Gasteiger charge is 2.53. The van der Waals surface area contributed by atoms with E-state index in [9.17, 15) is 19.2 Å². The standard InChI is InChI=1S/C18H28O9S/c1-9(19)23-8-13-14(24-10(2)20)15(25-11(3)21)16(26-12(4)22)17(27-13)28-18(5,6)7/h13-17H,8H2,1-7H3/t13-,14-,15+,16+,17+/m1/s1. The number of rotatable bonds is 6. The highest BCUT2D eigenvalue weighted by atomic mass is 32.2. The lowest BCUT2D eigenvalue weighted by Gasteiger charge is -2.45. The minimum atomic E-state index is -1.13. The number of carbonyl (C=O) groups excluding carboxylic acids is 4. The van der Waals surface area contributed by atoms with Gasteiger partial charge in [-0.3, -0.25) is 19.2 Å². The third kappa shape index (κ3) is 8.05. The van der Waals surface area contributed by atoms with Gasteiger partial charge >= 0.3 is 23.9 Å². The molecule has 10 heteroatoms. The van der Waals surface area contributed by atoms with Gasteiger partial charge in [0.05, 0.1) is 0 Å². The molecule has 28 heavy (non-hydrogen) atoms. The molecule has 0 unspecified atom stereocenters. The van der Waals surface area contributed by atoms with Crippen LogP contribution in [0, 0.1) is 0 Å².